The average Bonchev–Trinajstić information content (AvgIpc) is 3.25. The molecule has 0 radical (unpaired) electrons. The first kappa shape index (κ1) is 32.2. The number of benzene rings is 1. The Kier molecular flexibility index (Phi) is 10.8. The van der Waals surface area contributed by atoms with Gasteiger partial charge in [0, 0.05) is 12.6 Å². The second-order valence-corrected chi connectivity index (χ2v) is 10.5. The van der Waals surface area contributed by atoms with E-state index >= 15 is 0 Å². The average molecular weight is 582 g/mol. The van der Waals surface area contributed by atoms with Crippen molar-refractivity contribution < 1.29 is 43.5 Å². The number of aliphatic hydroxyl groups excluding tert-OH is 1. The van der Waals surface area contributed by atoms with E-state index in [1.807, 2.05) is 44.2 Å². The van der Waals surface area contributed by atoms with Gasteiger partial charge < -0.3 is 35.5 Å². The van der Waals surface area contributed by atoms with Crippen LogP contribution in [0.5, 0.6) is 0 Å². The van der Waals surface area contributed by atoms with E-state index in [0.717, 1.165) is 5.56 Å². The number of nitrogens with one attached hydrogen (secondary N) is 3. The van der Waals surface area contributed by atoms with E-state index in [0.29, 0.717) is 5.69 Å². The summed E-state index contributed by atoms with van der Waals surface area (Å²) in [6.07, 6.45) is -2.56. The van der Waals surface area contributed by atoms with Crippen LogP contribution in [0.4, 0.5) is 0 Å². The van der Waals surface area contributed by atoms with E-state index < -0.39 is 73.3 Å². The van der Waals surface area contributed by atoms with Crippen molar-refractivity contribution in [3.05, 3.63) is 54.2 Å². The molecular weight excluding hydrogens is 547 g/mol. The molecular formula is C28H35BN4O9. The summed E-state index contributed by atoms with van der Waals surface area (Å²) in [4.78, 5) is 67.3. The monoisotopic (exact) mass is 582 g/mol. The zero-order valence-electron chi connectivity index (χ0n) is 23.8. The summed E-state index contributed by atoms with van der Waals surface area (Å²) in [5.41, 5.74) is -0.742. The normalized spacial score (nSPS) is 18.5. The number of nitrogens with zero attached hydrogens (tertiary/aromatic N) is 1. The number of hydrogen-bond donors (Lipinski definition) is 5. The van der Waals surface area contributed by atoms with Crippen LogP contribution in [0.15, 0.2) is 48.5 Å². The maximum Gasteiger partial charge on any atom is 0.552 e. The van der Waals surface area contributed by atoms with Gasteiger partial charge in [0.25, 0.3) is 5.91 Å². The second-order valence-electron chi connectivity index (χ2n) is 10.5. The molecule has 2 aromatic rings. The molecule has 0 aliphatic carbocycles. The smallest absolute Gasteiger partial charge is 0.506 e. The van der Waals surface area contributed by atoms with Crippen LogP contribution >= 0.6 is 0 Å². The number of aliphatic hydroxyl groups is 1. The van der Waals surface area contributed by atoms with Crippen molar-refractivity contribution in [2.75, 3.05) is 7.05 Å². The molecule has 3 amide bonds. The highest BCUT2D eigenvalue weighted by Crippen LogP contribution is 2.32. The lowest BCUT2D eigenvalue weighted by Gasteiger charge is -2.27. The lowest BCUT2D eigenvalue weighted by atomic mass is 9.73. The van der Waals surface area contributed by atoms with Crippen LogP contribution < -0.4 is 16.0 Å². The number of carboxylic acids is 1. The van der Waals surface area contributed by atoms with Crippen molar-refractivity contribution in [1.82, 2.24) is 20.9 Å². The molecule has 0 spiro atoms. The summed E-state index contributed by atoms with van der Waals surface area (Å²) in [5.74, 6) is -5.64. The first-order valence-electron chi connectivity index (χ1n) is 13.5. The van der Waals surface area contributed by atoms with Gasteiger partial charge in [-0.15, -0.1) is 0 Å². The molecule has 1 fully saturated rings. The van der Waals surface area contributed by atoms with E-state index in [1.54, 1.807) is 12.1 Å². The van der Waals surface area contributed by atoms with Crippen LogP contribution in [0, 0.1) is 5.92 Å². The summed E-state index contributed by atoms with van der Waals surface area (Å²) in [6, 6.07) is 12.6. The minimum atomic E-state index is -2.09. The third-order valence-electron chi connectivity index (χ3n) is 6.58. The summed E-state index contributed by atoms with van der Waals surface area (Å²) in [6.45, 7) is 5.00. The SMILES string of the molecule is CNC(=O)CC1(CC(=O)O)OB([C@H](CC(C)C)NC(=O)[C@@H](NC(=O)c2cccc(-c3ccccc3)n2)[C@@H](C)O)OC1=O. The molecule has 0 bridgehead atoms. The van der Waals surface area contributed by atoms with Crippen molar-refractivity contribution in [2.24, 2.45) is 5.92 Å². The molecule has 1 aromatic heterocycles. The predicted molar refractivity (Wildman–Crippen MR) is 151 cm³/mol. The van der Waals surface area contributed by atoms with E-state index in [-0.39, 0.29) is 18.0 Å². The van der Waals surface area contributed by atoms with Gasteiger partial charge in [-0.1, -0.05) is 50.2 Å². The van der Waals surface area contributed by atoms with E-state index in [4.69, 9.17) is 9.31 Å². The van der Waals surface area contributed by atoms with Crippen molar-refractivity contribution in [3.63, 3.8) is 0 Å². The molecule has 224 valence electrons. The Bertz CT molecular complexity index is 1310. The Labute approximate surface area is 243 Å². The fraction of sp³-hybridized carbons (Fsp3) is 0.429. The topological polar surface area (TPSA) is 193 Å². The van der Waals surface area contributed by atoms with Crippen LogP contribution in [0.1, 0.15) is 50.5 Å². The Morgan fingerprint density at radius 2 is 1.69 bits per heavy atom. The van der Waals surface area contributed by atoms with Gasteiger partial charge in [0.05, 0.1) is 30.6 Å². The Balaban J connectivity index is 1.80. The summed E-state index contributed by atoms with van der Waals surface area (Å²) in [7, 11) is -0.101. The third kappa shape index (κ3) is 8.14. The minimum Gasteiger partial charge on any atom is -0.506 e. The first-order valence-corrected chi connectivity index (χ1v) is 13.5. The van der Waals surface area contributed by atoms with Crippen LogP contribution in [0.25, 0.3) is 11.3 Å². The highest BCUT2D eigenvalue weighted by atomic mass is 16.7. The fourth-order valence-corrected chi connectivity index (χ4v) is 4.52. The number of amides is 3. The molecule has 1 aliphatic rings. The number of rotatable bonds is 13. The van der Waals surface area contributed by atoms with Gasteiger partial charge in [-0.3, -0.25) is 24.0 Å². The van der Waals surface area contributed by atoms with Crippen LogP contribution in [0.2, 0.25) is 0 Å². The van der Waals surface area contributed by atoms with E-state index in [1.165, 1.54) is 20.0 Å². The number of carboxylic acid groups (broad SMARTS) is 1. The van der Waals surface area contributed by atoms with Gasteiger partial charge >= 0.3 is 19.1 Å². The number of hydrogen-bond acceptors (Lipinski definition) is 9. The Morgan fingerprint density at radius 1 is 1.00 bits per heavy atom. The lowest BCUT2D eigenvalue weighted by Crippen LogP contribution is -2.58. The van der Waals surface area contributed by atoms with Gasteiger partial charge in [0.1, 0.15) is 11.7 Å². The van der Waals surface area contributed by atoms with E-state index in [2.05, 4.69) is 20.9 Å². The zero-order chi connectivity index (χ0) is 31.0. The Morgan fingerprint density at radius 3 is 2.29 bits per heavy atom. The molecule has 4 atom stereocenters. The standard InChI is InChI=1S/C28H35BN4O9/c1-16(2)13-21(29-41-27(40)28(42-29,15-23(36)37)14-22(35)30-4)32-26(39)24(17(3)34)33-25(38)20-12-8-11-19(31-20)18-9-6-5-7-10-18/h5-12,16-17,21,24,34H,13-15H2,1-4H3,(H,30,35)(H,32,39)(H,33,38)(H,36,37)/t17-,21+,24+,28?/m1/s1. The van der Waals surface area contributed by atoms with Crippen LogP contribution in [-0.4, -0.2) is 82.7 Å². The molecule has 1 aliphatic heterocycles. The number of pyridine rings is 1. The maximum absolute atomic E-state index is 13.4. The highest BCUT2D eigenvalue weighted by Gasteiger charge is 2.57. The summed E-state index contributed by atoms with van der Waals surface area (Å²) in [5, 5.41) is 27.3. The van der Waals surface area contributed by atoms with Gasteiger partial charge in [0.2, 0.25) is 11.8 Å². The van der Waals surface area contributed by atoms with Crippen LogP contribution in [-0.2, 0) is 28.5 Å². The lowest BCUT2D eigenvalue weighted by molar-refractivity contribution is -0.154. The quantitative estimate of drug-likeness (QED) is 0.210. The number of carbonyl (C=O) groups excluding carboxylic acids is 4. The predicted octanol–water partition coefficient (Wildman–Crippen LogP) is 0.709. The van der Waals surface area contributed by atoms with Gasteiger partial charge in [-0.05, 0) is 31.4 Å². The number of aromatic nitrogens is 1. The first-order chi connectivity index (χ1) is 19.8. The summed E-state index contributed by atoms with van der Waals surface area (Å²) >= 11 is 0. The molecule has 42 heavy (non-hydrogen) atoms. The van der Waals surface area contributed by atoms with E-state index in [9.17, 15) is 34.2 Å². The van der Waals surface area contributed by atoms with Crippen molar-refractivity contribution >= 4 is 36.8 Å². The molecule has 5 N–H and O–H groups in total. The largest absolute Gasteiger partial charge is 0.552 e. The molecule has 13 nitrogen and oxygen atoms in total. The molecule has 1 aromatic carbocycles. The van der Waals surface area contributed by atoms with Gasteiger partial charge in [-0.25, -0.2) is 4.98 Å². The molecule has 3 rings (SSSR count). The number of aliphatic carboxylic acids is 1. The zero-order valence-corrected chi connectivity index (χ0v) is 23.8. The maximum atomic E-state index is 13.4. The third-order valence-corrected chi connectivity index (χ3v) is 6.58. The molecule has 1 unspecified atom stereocenters. The molecule has 2 heterocycles. The van der Waals surface area contributed by atoms with Gasteiger partial charge in [-0.2, -0.15) is 0 Å². The van der Waals surface area contributed by atoms with Crippen molar-refractivity contribution in [1.29, 1.82) is 0 Å². The molecule has 1 saturated heterocycles. The van der Waals surface area contributed by atoms with Crippen LogP contribution in [0.3, 0.4) is 0 Å². The number of carbonyl (C=O) groups is 5. The van der Waals surface area contributed by atoms with Crippen molar-refractivity contribution in [2.45, 2.75) is 63.7 Å². The highest BCUT2D eigenvalue weighted by molar-refractivity contribution is 6.51. The second kappa shape index (κ2) is 14.1. The Hall–Kier alpha value is -4.30. The van der Waals surface area contributed by atoms with Crippen molar-refractivity contribution in [3.8, 4) is 11.3 Å². The summed E-state index contributed by atoms with van der Waals surface area (Å²) < 4.78 is 11.1. The molecule has 14 heteroatoms. The minimum absolute atomic E-state index is 0.0224. The fourth-order valence-electron chi connectivity index (χ4n) is 4.52. The van der Waals surface area contributed by atoms with Gasteiger partial charge in [0.15, 0.2) is 5.60 Å². The molecule has 0 saturated carbocycles.